The first-order chi connectivity index (χ1) is 15.9. The van der Waals surface area contributed by atoms with Gasteiger partial charge in [0, 0.05) is 13.0 Å². The van der Waals surface area contributed by atoms with E-state index in [1.54, 1.807) is 7.11 Å². The number of hydrogen-bond donors (Lipinski definition) is 2. The molecular formula is C26H36N4O3. The van der Waals surface area contributed by atoms with Gasteiger partial charge >= 0.3 is 0 Å². The quantitative estimate of drug-likeness (QED) is 0.716. The Kier molecular flexibility index (Phi) is 5.95. The molecule has 0 bridgehead atoms. The minimum absolute atomic E-state index is 0.00299. The predicted octanol–water partition coefficient (Wildman–Crippen LogP) is 3.93. The summed E-state index contributed by atoms with van der Waals surface area (Å²) in [7, 11) is 1.68. The summed E-state index contributed by atoms with van der Waals surface area (Å²) < 4.78 is 5.32. The average Bonchev–Trinajstić information content (AvgIpc) is 3.16. The summed E-state index contributed by atoms with van der Waals surface area (Å²) in [6.45, 7) is 2.80. The molecule has 4 aliphatic rings. The third-order valence-electron chi connectivity index (χ3n) is 9.85. The second kappa shape index (κ2) is 8.63. The van der Waals surface area contributed by atoms with Gasteiger partial charge in [0.25, 0.3) is 0 Å². The summed E-state index contributed by atoms with van der Waals surface area (Å²) in [5, 5.41) is 22.8. The van der Waals surface area contributed by atoms with Gasteiger partial charge in [-0.05, 0) is 92.8 Å². The van der Waals surface area contributed by atoms with Gasteiger partial charge in [0.05, 0.1) is 24.6 Å². The monoisotopic (exact) mass is 452 g/mol. The molecule has 4 saturated carbocycles. The zero-order chi connectivity index (χ0) is 23.2. The fourth-order valence-electron chi connectivity index (χ4n) is 8.46. The Morgan fingerprint density at radius 1 is 1.15 bits per heavy atom. The van der Waals surface area contributed by atoms with Gasteiger partial charge in [-0.15, -0.1) is 0 Å². The number of nitriles is 1. The molecule has 7 heteroatoms. The van der Waals surface area contributed by atoms with Crippen molar-refractivity contribution < 1.29 is 14.6 Å². The second-order valence-electron chi connectivity index (χ2n) is 11.4. The van der Waals surface area contributed by atoms with Crippen LogP contribution < -0.4 is 5.32 Å². The maximum Gasteiger partial charge on any atom is 0.229 e. The lowest BCUT2D eigenvalue weighted by Gasteiger charge is -2.57. The summed E-state index contributed by atoms with van der Waals surface area (Å²) in [6.07, 6.45) is 12.5. The molecule has 8 unspecified atom stereocenters. The third kappa shape index (κ3) is 3.95. The lowest BCUT2D eigenvalue weighted by Crippen LogP contribution is -2.52. The summed E-state index contributed by atoms with van der Waals surface area (Å²) >= 11 is 0. The number of aromatic nitrogens is 2. The number of nitrogens with zero attached hydrogens (tertiary/aromatic N) is 3. The summed E-state index contributed by atoms with van der Waals surface area (Å²) in [5.74, 6) is 3.83. The number of rotatable bonds is 4. The second-order valence-corrected chi connectivity index (χ2v) is 11.4. The molecule has 0 saturated heterocycles. The Bertz CT molecular complexity index is 930. The van der Waals surface area contributed by atoms with Crippen LogP contribution in [0.25, 0.3) is 0 Å². The number of nitrogens with one attached hydrogen (secondary N) is 1. The van der Waals surface area contributed by atoms with Crippen LogP contribution in [-0.2, 0) is 9.53 Å². The lowest BCUT2D eigenvalue weighted by molar-refractivity contribution is -0.134. The first kappa shape index (κ1) is 22.7. The van der Waals surface area contributed by atoms with E-state index in [0.29, 0.717) is 36.1 Å². The number of fused-ring (bicyclic) bond motifs is 5. The molecule has 5 rings (SSSR count). The van der Waals surface area contributed by atoms with Gasteiger partial charge in [-0.2, -0.15) is 5.26 Å². The number of anilines is 1. The van der Waals surface area contributed by atoms with E-state index < -0.39 is 5.60 Å². The number of hydrogen-bond acceptors (Lipinski definition) is 6. The Hall–Kier alpha value is -2.04. The van der Waals surface area contributed by atoms with E-state index in [4.69, 9.17) is 10.00 Å². The van der Waals surface area contributed by atoms with Crippen molar-refractivity contribution in [2.45, 2.75) is 70.3 Å². The van der Waals surface area contributed by atoms with Crippen molar-refractivity contribution in [3.05, 3.63) is 18.1 Å². The maximum absolute atomic E-state index is 13.3. The molecular weight excluding hydrogens is 416 g/mol. The fraction of sp³-hybridized carbons (Fsp3) is 0.769. The van der Waals surface area contributed by atoms with Crippen molar-refractivity contribution >= 4 is 11.7 Å². The van der Waals surface area contributed by atoms with Crippen LogP contribution >= 0.6 is 0 Å². The minimum atomic E-state index is -0.642. The fourth-order valence-corrected chi connectivity index (χ4v) is 8.46. The zero-order valence-electron chi connectivity index (χ0n) is 19.8. The van der Waals surface area contributed by atoms with Crippen LogP contribution in [0.5, 0.6) is 0 Å². The molecule has 0 aliphatic heterocycles. The molecule has 0 aromatic carbocycles. The van der Waals surface area contributed by atoms with E-state index in [-0.39, 0.29) is 22.9 Å². The number of carbonyl (C=O) groups excluding carboxylic acids is 1. The van der Waals surface area contributed by atoms with Crippen LogP contribution in [0, 0.1) is 52.3 Å². The van der Waals surface area contributed by atoms with Gasteiger partial charge in [0.2, 0.25) is 5.91 Å². The van der Waals surface area contributed by atoms with E-state index >= 15 is 0 Å². The Labute approximate surface area is 196 Å². The molecule has 1 heterocycles. The van der Waals surface area contributed by atoms with Gasteiger partial charge in [0.1, 0.15) is 6.07 Å². The van der Waals surface area contributed by atoms with Crippen LogP contribution in [0.3, 0.4) is 0 Å². The first-order valence-electron chi connectivity index (χ1n) is 12.6. The highest BCUT2D eigenvalue weighted by molar-refractivity contribution is 5.92. The largest absolute Gasteiger partial charge is 0.387 e. The van der Waals surface area contributed by atoms with Gasteiger partial charge in [-0.1, -0.05) is 6.92 Å². The molecule has 1 aromatic heterocycles. The highest BCUT2D eigenvalue weighted by Gasteiger charge is 2.59. The average molecular weight is 453 g/mol. The van der Waals surface area contributed by atoms with Gasteiger partial charge < -0.3 is 15.2 Å². The molecule has 0 spiro atoms. The Morgan fingerprint density at radius 2 is 1.97 bits per heavy atom. The number of methoxy groups -OCH3 is 1. The van der Waals surface area contributed by atoms with E-state index in [9.17, 15) is 9.90 Å². The zero-order valence-corrected chi connectivity index (χ0v) is 19.8. The molecule has 2 N–H and O–H groups in total. The van der Waals surface area contributed by atoms with Gasteiger partial charge in [-0.3, -0.25) is 4.79 Å². The highest BCUT2D eigenvalue weighted by atomic mass is 16.5. The number of amides is 1. The standard InChI is InChI=1S/C26H36N4O3/c1-25-9-7-19-18-8-10-26(32,15-33-2)11-16(18)3-4-20(19)21(25)5-6-22(25)24(31)30-23-14-28-17(12-27)13-29-23/h13-14,16,18-22,32H,3-11,15H2,1-2H3,(H,29,30,31). The summed E-state index contributed by atoms with van der Waals surface area (Å²) in [5.41, 5.74) is -0.362. The minimum Gasteiger partial charge on any atom is -0.387 e. The van der Waals surface area contributed by atoms with Crippen molar-refractivity contribution in [2.24, 2.45) is 40.9 Å². The van der Waals surface area contributed by atoms with Crippen LogP contribution in [0.1, 0.15) is 70.4 Å². The summed E-state index contributed by atoms with van der Waals surface area (Å²) in [4.78, 5) is 21.5. The normalized spacial score (nSPS) is 41.9. The molecule has 7 nitrogen and oxygen atoms in total. The Morgan fingerprint density at radius 3 is 2.70 bits per heavy atom. The van der Waals surface area contributed by atoms with Crippen molar-refractivity contribution in [2.75, 3.05) is 19.0 Å². The van der Waals surface area contributed by atoms with E-state index in [1.807, 2.05) is 6.07 Å². The molecule has 4 aliphatic carbocycles. The van der Waals surface area contributed by atoms with Crippen LogP contribution in [0.4, 0.5) is 5.82 Å². The van der Waals surface area contributed by atoms with Crippen LogP contribution in [0.2, 0.25) is 0 Å². The maximum atomic E-state index is 13.3. The van der Waals surface area contributed by atoms with Crippen LogP contribution in [0.15, 0.2) is 12.4 Å². The van der Waals surface area contributed by atoms with Gasteiger partial charge in [0.15, 0.2) is 11.5 Å². The molecule has 178 valence electrons. The van der Waals surface area contributed by atoms with Crippen molar-refractivity contribution in [1.82, 2.24) is 9.97 Å². The van der Waals surface area contributed by atoms with E-state index in [0.717, 1.165) is 44.4 Å². The molecule has 1 aromatic rings. The topological polar surface area (TPSA) is 108 Å². The SMILES string of the molecule is COCC1(O)CCC2C(CCC3C2CCC2(C)C(C(=O)Nc4cnc(C#N)cn4)CCC32)C1. The molecule has 1 amide bonds. The van der Waals surface area contributed by atoms with Crippen molar-refractivity contribution in [3.63, 3.8) is 0 Å². The molecule has 4 fully saturated rings. The molecule has 33 heavy (non-hydrogen) atoms. The smallest absolute Gasteiger partial charge is 0.229 e. The van der Waals surface area contributed by atoms with Crippen LogP contribution in [-0.4, -0.2) is 40.3 Å². The Balaban J connectivity index is 1.27. The molecule has 8 atom stereocenters. The lowest BCUT2D eigenvalue weighted by atomic mass is 9.49. The predicted molar refractivity (Wildman–Crippen MR) is 123 cm³/mol. The summed E-state index contributed by atoms with van der Waals surface area (Å²) in [6, 6.07) is 1.96. The number of aliphatic hydroxyl groups is 1. The number of carbonyl (C=O) groups is 1. The first-order valence-corrected chi connectivity index (χ1v) is 12.6. The van der Waals surface area contributed by atoms with Crippen molar-refractivity contribution in [1.29, 1.82) is 5.26 Å². The molecule has 0 radical (unpaired) electrons. The van der Waals surface area contributed by atoms with E-state index in [2.05, 4.69) is 22.2 Å². The van der Waals surface area contributed by atoms with E-state index in [1.165, 1.54) is 31.7 Å². The number of ether oxygens (including phenoxy) is 1. The third-order valence-corrected chi connectivity index (χ3v) is 9.85. The van der Waals surface area contributed by atoms with Crippen molar-refractivity contribution in [3.8, 4) is 6.07 Å². The van der Waals surface area contributed by atoms with Gasteiger partial charge in [-0.25, -0.2) is 9.97 Å². The highest BCUT2D eigenvalue weighted by Crippen LogP contribution is 2.64.